The predicted octanol–water partition coefficient (Wildman–Crippen LogP) is 2.91. The van der Waals surface area contributed by atoms with Crippen LogP contribution in [0.1, 0.15) is 30.0 Å². The molecule has 0 spiro atoms. The van der Waals surface area contributed by atoms with Gasteiger partial charge < -0.3 is 10.1 Å². The first-order valence-electron chi connectivity index (χ1n) is 8.98. The molecule has 1 amide bonds. The van der Waals surface area contributed by atoms with Crippen LogP contribution in [0.25, 0.3) is 0 Å². The number of carbonyl (C=O) groups excluding carboxylic acids is 1. The second kappa shape index (κ2) is 7.35. The minimum Gasteiger partial charge on any atom is -0.379 e. The molecule has 1 aromatic carbocycles. The first kappa shape index (κ1) is 17.5. The Kier molecular flexibility index (Phi) is 4.94. The number of hydrogen-bond donors (Lipinski definition) is 1. The number of benzene rings is 1. The minimum absolute atomic E-state index is 0.00248. The van der Waals surface area contributed by atoms with Crippen LogP contribution in [0, 0.1) is 0 Å². The number of nitrogens with zero attached hydrogens (tertiary/aromatic N) is 2. The average molecular weight is 372 g/mol. The van der Waals surface area contributed by atoms with E-state index in [1.54, 1.807) is 12.4 Å². The Labute approximate surface area is 158 Å². The summed E-state index contributed by atoms with van der Waals surface area (Å²) in [4.78, 5) is 19.7. The van der Waals surface area contributed by atoms with Crippen molar-refractivity contribution in [3.63, 3.8) is 0 Å². The Bertz CT molecular complexity index is 774. The molecule has 1 aromatic heterocycles. The number of hydrogen-bond acceptors (Lipinski definition) is 4. The van der Waals surface area contributed by atoms with Crippen LogP contribution in [0.15, 0.2) is 48.8 Å². The number of halogens is 1. The van der Waals surface area contributed by atoms with Crippen molar-refractivity contribution >= 4 is 17.5 Å². The van der Waals surface area contributed by atoms with Crippen LogP contribution in [0.5, 0.6) is 0 Å². The van der Waals surface area contributed by atoms with Gasteiger partial charge in [0.15, 0.2) is 0 Å². The highest BCUT2D eigenvalue weighted by atomic mass is 35.5. The normalized spacial score (nSPS) is 20.3. The zero-order chi connectivity index (χ0) is 18.0. The highest BCUT2D eigenvalue weighted by molar-refractivity contribution is 6.31. The summed E-state index contributed by atoms with van der Waals surface area (Å²) in [7, 11) is 0. The number of pyridine rings is 1. The van der Waals surface area contributed by atoms with Crippen molar-refractivity contribution in [2.45, 2.75) is 24.4 Å². The number of rotatable bonds is 5. The number of morpholine rings is 1. The van der Waals surface area contributed by atoms with Gasteiger partial charge in [-0.25, -0.2) is 0 Å². The highest BCUT2D eigenvalue weighted by Gasteiger charge is 2.48. The van der Waals surface area contributed by atoms with Crippen LogP contribution in [0.2, 0.25) is 5.02 Å². The van der Waals surface area contributed by atoms with E-state index < -0.39 is 0 Å². The van der Waals surface area contributed by atoms with Crippen molar-refractivity contribution in [1.82, 2.24) is 15.2 Å². The summed E-state index contributed by atoms with van der Waals surface area (Å²) >= 11 is 6.39. The van der Waals surface area contributed by atoms with Gasteiger partial charge in [-0.15, -0.1) is 0 Å². The van der Waals surface area contributed by atoms with Crippen LogP contribution < -0.4 is 5.32 Å². The van der Waals surface area contributed by atoms with Crippen molar-refractivity contribution in [2.24, 2.45) is 0 Å². The summed E-state index contributed by atoms with van der Waals surface area (Å²) in [5, 5.41) is 3.99. The standard InChI is InChI=1S/C20H22ClN3O2/c21-17-6-2-1-5-16(17)20(7-8-20)23-19(25)18(15-4-3-9-22-14-15)24-10-12-26-13-11-24/h1-6,9,14,18H,7-8,10-13H2,(H,23,25)/t18-/m0/s1. The minimum atomic E-state index is -0.368. The van der Waals surface area contributed by atoms with Crippen LogP contribution in [-0.2, 0) is 15.1 Å². The maximum absolute atomic E-state index is 13.3. The van der Waals surface area contributed by atoms with E-state index in [1.807, 2.05) is 36.4 Å². The molecule has 0 unspecified atom stereocenters. The molecule has 1 atom stereocenters. The van der Waals surface area contributed by atoms with Crippen LogP contribution >= 0.6 is 11.6 Å². The smallest absolute Gasteiger partial charge is 0.242 e. The van der Waals surface area contributed by atoms with Gasteiger partial charge in [-0.2, -0.15) is 0 Å². The van der Waals surface area contributed by atoms with Crippen LogP contribution in [-0.4, -0.2) is 42.1 Å². The van der Waals surface area contributed by atoms with Gasteiger partial charge in [0.25, 0.3) is 0 Å². The van der Waals surface area contributed by atoms with Crippen molar-refractivity contribution in [3.05, 3.63) is 64.9 Å². The van der Waals surface area contributed by atoms with Gasteiger partial charge in [-0.1, -0.05) is 35.9 Å². The van der Waals surface area contributed by atoms with Crippen LogP contribution in [0.3, 0.4) is 0 Å². The van der Waals surface area contributed by atoms with Crippen molar-refractivity contribution < 1.29 is 9.53 Å². The molecule has 1 saturated carbocycles. The number of aromatic nitrogens is 1. The molecule has 2 aliphatic rings. The van der Waals surface area contributed by atoms with E-state index in [2.05, 4.69) is 15.2 Å². The largest absolute Gasteiger partial charge is 0.379 e. The molecule has 1 saturated heterocycles. The van der Waals surface area contributed by atoms with E-state index in [9.17, 15) is 4.79 Å². The molecule has 1 aliphatic heterocycles. The highest BCUT2D eigenvalue weighted by Crippen LogP contribution is 2.48. The van der Waals surface area contributed by atoms with Crippen LogP contribution in [0.4, 0.5) is 0 Å². The Morgan fingerprint density at radius 1 is 1.19 bits per heavy atom. The second-order valence-electron chi connectivity index (χ2n) is 6.89. The molecular weight excluding hydrogens is 350 g/mol. The van der Waals surface area contributed by atoms with Gasteiger partial charge in [-0.05, 0) is 36.1 Å². The maximum Gasteiger partial charge on any atom is 0.242 e. The fraction of sp³-hybridized carbons (Fsp3) is 0.400. The molecule has 136 valence electrons. The van der Waals surface area contributed by atoms with E-state index in [0.29, 0.717) is 18.2 Å². The molecule has 1 N–H and O–H groups in total. The van der Waals surface area contributed by atoms with Crippen molar-refractivity contribution in [3.8, 4) is 0 Å². The molecular formula is C20H22ClN3O2. The summed E-state index contributed by atoms with van der Waals surface area (Å²) in [5.41, 5.74) is 1.56. The van der Waals surface area contributed by atoms with E-state index in [-0.39, 0.29) is 17.5 Å². The lowest BCUT2D eigenvalue weighted by molar-refractivity contribution is -0.129. The molecule has 2 heterocycles. The van der Waals surface area contributed by atoms with E-state index in [0.717, 1.165) is 37.1 Å². The summed E-state index contributed by atoms with van der Waals surface area (Å²) in [6, 6.07) is 11.2. The molecule has 5 nitrogen and oxygen atoms in total. The zero-order valence-electron chi connectivity index (χ0n) is 14.5. The number of nitrogens with one attached hydrogen (secondary N) is 1. The molecule has 4 rings (SSSR count). The number of carbonyl (C=O) groups is 1. The van der Waals surface area contributed by atoms with Gasteiger partial charge in [0.2, 0.25) is 5.91 Å². The number of ether oxygens (including phenoxy) is 1. The van der Waals surface area contributed by atoms with Gasteiger partial charge in [0, 0.05) is 30.5 Å². The van der Waals surface area contributed by atoms with E-state index >= 15 is 0 Å². The third kappa shape index (κ3) is 3.47. The quantitative estimate of drug-likeness (QED) is 0.878. The van der Waals surface area contributed by atoms with Gasteiger partial charge in [-0.3, -0.25) is 14.7 Å². The average Bonchev–Trinajstić information content (AvgIpc) is 3.44. The lowest BCUT2D eigenvalue weighted by Gasteiger charge is -2.34. The molecule has 6 heteroatoms. The Balaban J connectivity index is 1.60. The molecule has 0 radical (unpaired) electrons. The fourth-order valence-electron chi connectivity index (χ4n) is 3.64. The van der Waals surface area contributed by atoms with Gasteiger partial charge in [0.1, 0.15) is 6.04 Å². The Morgan fingerprint density at radius 2 is 1.96 bits per heavy atom. The Hall–Kier alpha value is -1.95. The summed E-state index contributed by atoms with van der Waals surface area (Å²) < 4.78 is 5.46. The summed E-state index contributed by atoms with van der Waals surface area (Å²) in [5.74, 6) is -0.00248. The van der Waals surface area contributed by atoms with Crippen molar-refractivity contribution in [2.75, 3.05) is 26.3 Å². The third-order valence-electron chi connectivity index (χ3n) is 5.16. The number of amides is 1. The summed E-state index contributed by atoms with van der Waals surface area (Å²) in [6.45, 7) is 2.73. The molecule has 2 fully saturated rings. The lowest BCUT2D eigenvalue weighted by Crippen LogP contribution is -2.48. The summed E-state index contributed by atoms with van der Waals surface area (Å²) in [6.07, 6.45) is 5.31. The monoisotopic (exact) mass is 371 g/mol. The third-order valence-corrected chi connectivity index (χ3v) is 5.49. The topological polar surface area (TPSA) is 54.5 Å². The SMILES string of the molecule is O=C(NC1(c2ccccc2Cl)CC1)[C@H](c1cccnc1)N1CCOCC1. The zero-order valence-corrected chi connectivity index (χ0v) is 15.3. The van der Waals surface area contributed by atoms with Gasteiger partial charge in [0.05, 0.1) is 18.8 Å². The Morgan fingerprint density at radius 3 is 2.62 bits per heavy atom. The molecule has 1 aliphatic carbocycles. The maximum atomic E-state index is 13.3. The van der Waals surface area contributed by atoms with E-state index in [4.69, 9.17) is 16.3 Å². The van der Waals surface area contributed by atoms with Gasteiger partial charge >= 0.3 is 0 Å². The predicted molar refractivity (Wildman–Crippen MR) is 99.9 cm³/mol. The van der Waals surface area contributed by atoms with Crippen molar-refractivity contribution in [1.29, 1.82) is 0 Å². The fourth-order valence-corrected chi connectivity index (χ4v) is 3.96. The first-order valence-corrected chi connectivity index (χ1v) is 9.36. The molecule has 26 heavy (non-hydrogen) atoms. The second-order valence-corrected chi connectivity index (χ2v) is 7.30. The first-order chi connectivity index (χ1) is 12.7. The lowest BCUT2D eigenvalue weighted by atomic mass is 10.0. The molecule has 0 bridgehead atoms. The molecule has 2 aromatic rings. The van der Waals surface area contributed by atoms with E-state index in [1.165, 1.54) is 0 Å².